The minimum absolute atomic E-state index is 0.0443. The van der Waals surface area contributed by atoms with E-state index in [9.17, 15) is 13.2 Å². The Morgan fingerprint density at radius 3 is 2.67 bits per heavy atom. The number of halogens is 3. The number of aromatic nitrogens is 2. The van der Waals surface area contributed by atoms with Gasteiger partial charge >= 0.3 is 6.18 Å². The summed E-state index contributed by atoms with van der Waals surface area (Å²) in [6.45, 7) is 4.27. The van der Waals surface area contributed by atoms with Crippen LogP contribution in [-0.2, 0) is 6.18 Å². The van der Waals surface area contributed by atoms with Gasteiger partial charge in [0.15, 0.2) is 0 Å². The first-order chi connectivity index (χ1) is 9.81. The lowest BCUT2D eigenvalue weighted by Gasteiger charge is -2.29. The highest BCUT2D eigenvalue weighted by Crippen LogP contribution is 2.30. The Bertz CT molecular complexity index is 492. The van der Waals surface area contributed by atoms with Crippen LogP contribution in [0.15, 0.2) is 6.07 Å². The molecule has 0 saturated carbocycles. The maximum absolute atomic E-state index is 12.9. The molecule has 1 aliphatic heterocycles. The fraction of sp³-hybridized carbons (Fsp3) is 0.667. The number of nitrogens with two attached hydrogens (primary N) is 1. The average Bonchev–Trinajstić information content (AvgIpc) is 2.57. The maximum atomic E-state index is 12.9. The van der Waals surface area contributed by atoms with Gasteiger partial charge in [-0.05, 0) is 26.9 Å². The fourth-order valence-electron chi connectivity index (χ4n) is 2.49. The molecule has 1 fully saturated rings. The Balaban J connectivity index is 2.37. The summed E-state index contributed by atoms with van der Waals surface area (Å²) in [6, 6.07) is 1.50. The molecule has 0 aliphatic carbocycles. The van der Waals surface area contributed by atoms with Gasteiger partial charge in [0.1, 0.15) is 11.6 Å². The number of hydrogen-bond donors (Lipinski definition) is 2. The number of nitrogens with one attached hydrogen (secondary N) is 1. The minimum Gasteiger partial charge on any atom is -0.352 e. The fourth-order valence-corrected chi connectivity index (χ4v) is 2.49. The molecule has 0 aromatic carbocycles. The highest BCUT2D eigenvalue weighted by molar-refractivity contribution is 5.50. The Morgan fingerprint density at radius 2 is 2.05 bits per heavy atom. The molecule has 21 heavy (non-hydrogen) atoms. The van der Waals surface area contributed by atoms with Crippen LogP contribution in [0.1, 0.15) is 19.2 Å². The van der Waals surface area contributed by atoms with Gasteiger partial charge in [0.2, 0.25) is 5.82 Å². The lowest BCUT2D eigenvalue weighted by Crippen LogP contribution is -2.38. The van der Waals surface area contributed by atoms with Crippen LogP contribution in [0.3, 0.4) is 0 Å². The lowest BCUT2D eigenvalue weighted by molar-refractivity contribution is -0.144. The van der Waals surface area contributed by atoms with Gasteiger partial charge in [-0.1, -0.05) is 0 Å². The van der Waals surface area contributed by atoms with Crippen molar-refractivity contribution in [3.8, 4) is 0 Å². The summed E-state index contributed by atoms with van der Waals surface area (Å²) in [5.41, 5.74) is 2.17. The number of anilines is 2. The molecule has 0 amide bonds. The molecule has 1 saturated heterocycles. The third kappa shape index (κ3) is 3.73. The first kappa shape index (κ1) is 15.8. The van der Waals surface area contributed by atoms with E-state index < -0.39 is 12.0 Å². The maximum Gasteiger partial charge on any atom is 0.451 e. The van der Waals surface area contributed by atoms with E-state index >= 15 is 0 Å². The number of nitrogens with zero attached hydrogens (tertiary/aromatic N) is 4. The van der Waals surface area contributed by atoms with Crippen LogP contribution in [0.5, 0.6) is 0 Å². The number of rotatable bonds is 2. The monoisotopic (exact) mass is 304 g/mol. The van der Waals surface area contributed by atoms with Crippen LogP contribution in [0.25, 0.3) is 0 Å². The van der Waals surface area contributed by atoms with Gasteiger partial charge in [0, 0.05) is 25.2 Å². The normalized spacial score (nSPS) is 21.2. The lowest BCUT2D eigenvalue weighted by atomic mass is 10.2. The first-order valence-corrected chi connectivity index (χ1v) is 6.69. The molecule has 6 nitrogen and oxygen atoms in total. The van der Waals surface area contributed by atoms with Gasteiger partial charge < -0.3 is 15.2 Å². The van der Waals surface area contributed by atoms with Crippen molar-refractivity contribution in [3.05, 3.63) is 11.9 Å². The number of likely N-dealkylation sites (N-methyl/N-ethyl adjacent to an activating group) is 1. The average molecular weight is 304 g/mol. The second-order valence-electron chi connectivity index (χ2n) is 5.24. The molecule has 1 aromatic heterocycles. The number of nitrogen functional groups attached to an aromatic ring is 1. The van der Waals surface area contributed by atoms with E-state index in [0.717, 1.165) is 19.5 Å². The Labute approximate surface area is 121 Å². The van der Waals surface area contributed by atoms with E-state index in [-0.39, 0.29) is 17.7 Å². The topological polar surface area (TPSA) is 70.3 Å². The van der Waals surface area contributed by atoms with Crippen molar-refractivity contribution in [3.63, 3.8) is 0 Å². The Morgan fingerprint density at radius 1 is 1.33 bits per heavy atom. The molecule has 3 N–H and O–H groups in total. The van der Waals surface area contributed by atoms with Crippen molar-refractivity contribution >= 4 is 11.6 Å². The smallest absolute Gasteiger partial charge is 0.352 e. The van der Waals surface area contributed by atoms with Crippen LogP contribution in [0, 0.1) is 0 Å². The summed E-state index contributed by atoms with van der Waals surface area (Å²) in [6.07, 6.45) is -3.74. The third-order valence-electron chi connectivity index (χ3n) is 3.46. The van der Waals surface area contributed by atoms with Crippen molar-refractivity contribution in [2.75, 3.05) is 37.0 Å². The molecule has 1 atom stereocenters. The van der Waals surface area contributed by atoms with Gasteiger partial charge in [-0.15, -0.1) is 0 Å². The number of hydrogen-bond acceptors (Lipinski definition) is 6. The Kier molecular flexibility index (Phi) is 4.52. The second kappa shape index (κ2) is 6.02. The summed E-state index contributed by atoms with van der Waals surface area (Å²) in [4.78, 5) is 11.1. The van der Waals surface area contributed by atoms with Crippen molar-refractivity contribution < 1.29 is 13.2 Å². The van der Waals surface area contributed by atoms with Gasteiger partial charge in [-0.25, -0.2) is 15.8 Å². The van der Waals surface area contributed by atoms with Crippen molar-refractivity contribution in [2.45, 2.75) is 25.6 Å². The molecule has 2 rings (SSSR count). The van der Waals surface area contributed by atoms with Crippen LogP contribution >= 0.6 is 0 Å². The molecule has 1 aliphatic rings. The van der Waals surface area contributed by atoms with Crippen molar-refractivity contribution in [2.24, 2.45) is 5.84 Å². The first-order valence-electron chi connectivity index (χ1n) is 6.69. The minimum atomic E-state index is -4.60. The zero-order valence-corrected chi connectivity index (χ0v) is 12.0. The third-order valence-corrected chi connectivity index (χ3v) is 3.46. The summed E-state index contributed by atoms with van der Waals surface area (Å²) >= 11 is 0. The zero-order valence-electron chi connectivity index (χ0n) is 12.0. The molecule has 1 aromatic rings. The van der Waals surface area contributed by atoms with Gasteiger partial charge in [0.05, 0.1) is 0 Å². The summed E-state index contributed by atoms with van der Waals surface area (Å²) in [5, 5.41) is 0. The van der Waals surface area contributed by atoms with E-state index in [0.29, 0.717) is 6.54 Å². The largest absolute Gasteiger partial charge is 0.451 e. The predicted octanol–water partition coefficient (Wildman–Crippen LogP) is 1.31. The molecular weight excluding hydrogens is 285 g/mol. The van der Waals surface area contributed by atoms with Gasteiger partial charge in [-0.2, -0.15) is 13.2 Å². The molecule has 0 bridgehead atoms. The van der Waals surface area contributed by atoms with E-state index in [2.05, 4.69) is 20.3 Å². The molecule has 0 radical (unpaired) electrons. The molecule has 118 valence electrons. The Hall–Kier alpha value is -1.61. The van der Waals surface area contributed by atoms with E-state index in [1.807, 2.05) is 18.9 Å². The summed E-state index contributed by atoms with van der Waals surface area (Å²) < 4.78 is 38.6. The molecule has 1 unspecified atom stereocenters. The van der Waals surface area contributed by atoms with Crippen molar-refractivity contribution in [1.82, 2.24) is 14.9 Å². The molecule has 9 heteroatoms. The highest BCUT2D eigenvalue weighted by Gasteiger charge is 2.36. The van der Waals surface area contributed by atoms with Gasteiger partial charge in [0.25, 0.3) is 0 Å². The van der Waals surface area contributed by atoms with Crippen LogP contribution in [0.2, 0.25) is 0 Å². The number of alkyl halides is 3. The molecule has 2 heterocycles. The SMILES string of the molecule is CC1CN(C)CCCN1c1cc(NN)nc(C(F)(F)F)n1. The van der Waals surface area contributed by atoms with E-state index in [1.54, 1.807) is 0 Å². The predicted molar refractivity (Wildman–Crippen MR) is 73.8 cm³/mol. The summed E-state index contributed by atoms with van der Waals surface area (Å²) in [5.74, 6) is 4.23. The second-order valence-corrected chi connectivity index (χ2v) is 5.24. The highest BCUT2D eigenvalue weighted by atomic mass is 19.4. The van der Waals surface area contributed by atoms with Crippen LogP contribution in [-0.4, -0.2) is 47.6 Å². The van der Waals surface area contributed by atoms with Gasteiger partial charge in [-0.3, -0.25) is 0 Å². The van der Waals surface area contributed by atoms with Crippen LogP contribution < -0.4 is 16.2 Å². The molecule has 0 spiro atoms. The molecular formula is C12H19F3N6. The van der Waals surface area contributed by atoms with E-state index in [1.165, 1.54) is 6.07 Å². The zero-order chi connectivity index (χ0) is 15.6. The van der Waals surface area contributed by atoms with Crippen LogP contribution in [0.4, 0.5) is 24.8 Å². The quantitative estimate of drug-likeness (QED) is 0.634. The summed E-state index contributed by atoms with van der Waals surface area (Å²) in [7, 11) is 1.99. The number of hydrazine groups is 1. The standard InChI is InChI=1S/C12H19F3N6/c1-8-7-20(2)4-3-5-21(8)10-6-9(19-16)17-11(18-10)12(13,14)15/h6,8H,3-5,7,16H2,1-2H3,(H,17,18,19). The van der Waals surface area contributed by atoms with E-state index in [4.69, 9.17) is 5.84 Å². The van der Waals surface area contributed by atoms with Crippen molar-refractivity contribution in [1.29, 1.82) is 0 Å².